The Morgan fingerprint density at radius 1 is 1.21 bits per heavy atom. The van der Waals surface area contributed by atoms with Crippen molar-refractivity contribution in [2.75, 3.05) is 11.6 Å². The first kappa shape index (κ1) is 17.4. The Hall–Kier alpha value is -2.94. The molecular formula is C15H17N5O3S. The molecule has 0 aliphatic heterocycles. The molecule has 0 fully saturated rings. The fourth-order valence-electron chi connectivity index (χ4n) is 2.09. The molecule has 0 bridgehead atoms. The highest BCUT2D eigenvalue weighted by molar-refractivity contribution is 7.90. The molecule has 9 heteroatoms. The molecule has 0 spiro atoms. The summed E-state index contributed by atoms with van der Waals surface area (Å²) in [5.41, 5.74) is 12.1. The number of aryl methyl sites for hydroxylation is 1. The van der Waals surface area contributed by atoms with E-state index in [-0.39, 0.29) is 16.4 Å². The summed E-state index contributed by atoms with van der Waals surface area (Å²) in [4.78, 5) is 19.4. The van der Waals surface area contributed by atoms with Gasteiger partial charge in [0.1, 0.15) is 0 Å². The standard InChI is InChI=1S/C15H17N5O3S/c1-9-7-12(19-10-3-5-18-6-4-10)13(24(2,22)23)8-11(9)14(21)20-15(16)17/h3-8H,1-2H3,(H,18,19)(H4,16,17,20,21). The number of guanidine groups is 1. The van der Waals surface area contributed by atoms with Gasteiger partial charge < -0.3 is 16.8 Å². The number of anilines is 2. The number of sulfone groups is 1. The maximum Gasteiger partial charge on any atom is 0.280 e. The van der Waals surface area contributed by atoms with Crippen LogP contribution in [0.5, 0.6) is 0 Å². The van der Waals surface area contributed by atoms with Crippen molar-refractivity contribution >= 4 is 33.1 Å². The van der Waals surface area contributed by atoms with Gasteiger partial charge in [-0.25, -0.2) is 8.42 Å². The summed E-state index contributed by atoms with van der Waals surface area (Å²) < 4.78 is 24.2. The molecule has 126 valence electrons. The highest BCUT2D eigenvalue weighted by Gasteiger charge is 2.19. The number of hydrogen-bond acceptors (Lipinski definition) is 5. The SMILES string of the molecule is Cc1cc(Nc2ccncc2)c(S(C)(=O)=O)cc1C(=O)N=C(N)N. The van der Waals surface area contributed by atoms with Gasteiger partial charge in [-0.05, 0) is 36.8 Å². The number of rotatable bonds is 4. The summed E-state index contributed by atoms with van der Waals surface area (Å²) in [7, 11) is -3.60. The first-order valence-electron chi connectivity index (χ1n) is 6.84. The van der Waals surface area contributed by atoms with Crippen LogP contribution in [0.25, 0.3) is 0 Å². The predicted molar refractivity (Wildman–Crippen MR) is 91.9 cm³/mol. The average Bonchev–Trinajstić information content (AvgIpc) is 2.46. The lowest BCUT2D eigenvalue weighted by molar-refractivity contribution is 0.100. The van der Waals surface area contributed by atoms with Gasteiger partial charge >= 0.3 is 0 Å². The zero-order valence-electron chi connectivity index (χ0n) is 13.1. The normalized spacial score (nSPS) is 10.9. The largest absolute Gasteiger partial charge is 0.370 e. The molecule has 1 heterocycles. The van der Waals surface area contributed by atoms with Crippen LogP contribution in [0.4, 0.5) is 11.4 Å². The molecule has 2 aromatic rings. The number of nitrogens with two attached hydrogens (primary N) is 2. The third kappa shape index (κ3) is 4.07. The van der Waals surface area contributed by atoms with Crippen molar-refractivity contribution < 1.29 is 13.2 Å². The van der Waals surface area contributed by atoms with E-state index in [1.165, 1.54) is 6.07 Å². The quantitative estimate of drug-likeness (QED) is 0.552. The zero-order valence-corrected chi connectivity index (χ0v) is 14.0. The van der Waals surface area contributed by atoms with Gasteiger partial charge in [0.15, 0.2) is 15.8 Å². The number of amides is 1. The summed E-state index contributed by atoms with van der Waals surface area (Å²) in [6, 6.07) is 6.22. The third-order valence-corrected chi connectivity index (χ3v) is 4.28. The van der Waals surface area contributed by atoms with Crippen molar-refractivity contribution in [2.24, 2.45) is 16.5 Å². The van der Waals surface area contributed by atoms with Crippen LogP contribution < -0.4 is 16.8 Å². The maximum absolute atomic E-state index is 12.1. The molecule has 5 N–H and O–H groups in total. The van der Waals surface area contributed by atoms with E-state index in [0.29, 0.717) is 16.9 Å². The molecule has 0 aliphatic carbocycles. The summed E-state index contributed by atoms with van der Waals surface area (Å²) in [5, 5.41) is 3.01. The van der Waals surface area contributed by atoms with Crippen molar-refractivity contribution in [2.45, 2.75) is 11.8 Å². The highest BCUT2D eigenvalue weighted by Crippen LogP contribution is 2.28. The Morgan fingerprint density at radius 2 is 1.83 bits per heavy atom. The molecule has 0 aliphatic rings. The van der Waals surface area contributed by atoms with E-state index in [0.717, 1.165) is 6.26 Å². The van der Waals surface area contributed by atoms with Crippen LogP contribution in [0.3, 0.4) is 0 Å². The van der Waals surface area contributed by atoms with Gasteiger partial charge in [0, 0.05) is 29.9 Å². The van der Waals surface area contributed by atoms with Crippen molar-refractivity contribution in [1.29, 1.82) is 0 Å². The minimum atomic E-state index is -3.60. The molecule has 1 aromatic carbocycles. The predicted octanol–water partition coefficient (Wildman–Crippen LogP) is 0.951. The number of carbonyl (C=O) groups is 1. The number of nitrogens with one attached hydrogen (secondary N) is 1. The second kappa shape index (κ2) is 6.67. The Balaban J connectivity index is 2.58. The fraction of sp³-hybridized carbons (Fsp3) is 0.133. The van der Waals surface area contributed by atoms with E-state index in [1.807, 2.05) is 0 Å². The van der Waals surface area contributed by atoms with Crippen molar-refractivity contribution in [3.63, 3.8) is 0 Å². The second-order valence-electron chi connectivity index (χ2n) is 5.14. The third-order valence-electron chi connectivity index (χ3n) is 3.15. The summed E-state index contributed by atoms with van der Waals surface area (Å²) in [6.07, 6.45) is 4.21. The number of nitrogens with zero attached hydrogens (tertiary/aromatic N) is 2. The minimum absolute atomic E-state index is 0.0287. The van der Waals surface area contributed by atoms with Crippen LogP contribution in [0.2, 0.25) is 0 Å². The molecular weight excluding hydrogens is 330 g/mol. The van der Waals surface area contributed by atoms with Crippen molar-refractivity contribution in [3.8, 4) is 0 Å². The van der Waals surface area contributed by atoms with Crippen molar-refractivity contribution in [1.82, 2.24) is 4.98 Å². The number of carbonyl (C=O) groups excluding carboxylic acids is 1. The van der Waals surface area contributed by atoms with E-state index >= 15 is 0 Å². The monoisotopic (exact) mass is 347 g/mol. The van der Waals surface area contributed by atoms with Gasteiger partial charge in [0.2, 0.25) is 0 Å². The fourth-order valence-corrected chi connectivity index (χ4v) is 2.93. The zero-order chi connectivity index (χ0) is 17.9. The average molecular weight is 347 g/mol. The molecule has 1 amide bonds. The lowest BCUT2D eigenvalue weighted by atomic mass is 10.1. The lowest BCUT2D eigenvalue weighted by Crippen LogP contribution is -2.24. The molecule has 24 heavy (non-hydrogen) atoms. The topological polar surface area (TPSA) is 141 Å². The molecule has 8 nitrogen and oxygen atoms in total. The van der Waals surface area contributed by atoms with Gasteiger partial charge in [-0.1, -0.05) is 0 Å². The number of aromatic nitrogens is 1. The van der Waals surface area contributed by atoms with Crippen LogP contribution in [0.1, 0.15) is 15.9 Å². The van der Waals surface area contributed by atoms with Gasteiger partial charge in [0.05, 0.1) is 10.6 Å². The van der Waals surface area contributed by atoms with Crippen LogP contribution in [-0.2, 0) is 9.84 Å². The Labute approximate surface area is 139 Å². The number of benzene rings is 1. The Morgan fingerprint density at radius 3 is 2.38 bits per heavy atom. The van der Waals surface area contributed by atoms with E-state index < -0.39 is 15.7 Å². The summed E-state index contributed by atoms with van der Waals surface area (Å²) >= 11 is 0. The molecule has 0 unspecified atom stereocenters. The maximum atomic E-state index is 12.1. The van der Waals surface area contributed by atoms with Crippen LogP contribution in [0, 0.1) is 6.92 Å². The summed E-state index contributed by atoms with van der Waals surface area (Å²) in [5.74, 6) is -1.09. The molecule has 0 saturated carbocycles. The number of hydrogen-bond donors (Lipinski definition) is 3. The van der Waals surface area contributed by atoms with E-state index in [4.69, 9.17) is 11.5 Å². The van der Waals surface area contributed by atoms with E-state index in [1.54, 1.807) is 37.5 Å². The van der Waals surface area contributed by atoms with Gasteiger partial charge in [-0.3, -0.25) is 9.78 Å². The first-order valence-corrected chi connectivity index (χ1v) is 8.73. The number of aliphatic imine (C=N–C) groups is 1. The molecule has 0 atom stereocenters. The van der Waals surface area contributed by atoms with Crippen molar-refractivity contribution in [3.05, 3.63) is 47.8 Å². The molecule has 2 rings (SSSR count). The Bertz CT molecular complexity index is 904. The van der Waals surface area contributed by atoms with Crippen LogP contribution in [0.15, 0.2) is 46.5 Å². The smallest absolute Gasteiger partial charge is 0.280 e. The van der Waals surface area contributed by atoms with Gasteiger partial charge in [-0.2, -0.15) is 4.99 Å². The highest BCUT2D eigenvalue weighted by atomic mass is 32.2. The molecule has 0 radical (unpaired) electrons. The first-order chi connectivity index (χ1) is 11.2. The van der Waals surface area contributed by atoms with Gasteiger partial charge in [-0.15, -0.1) is 0 Å². The van der Waals surface area contributed by atoms with Gasteiger partial charge in [0.25, 0.3) is 5.91 Å². The second-order valence-corrected chi connectivity index (χ2v) is 7.12. The van der Waals surface area contributed by atoms with E-state index in [9.17, 15) is 13.2 Å². The molecule has 1 aromatic heterocycles. The van der Waals surface area contributed by atoms with E-state index in [2.05, 4.69) is 15.3 Å². The summed E-state index contributed by atoms with van der Waals surface area (Å²) in [6.45, 7) is 1.67. The van der Waals surface area contributed by atoms with Crippen LogP contribution >= 0.6 is 0 Å². The number of pyridine rings is 1. The minimum Gasteiger partial charge on any atom is -0.370 e. The Kier molecular flexibility index (Phi) is 4.84. The molecule has 0 saturated heterocycles. The van der Waals surface area contributed by atoms with Crippen LogP contribution in [-0.4, -0.2) is 31.5 Å². The lowest BCUT2D eigenvalue weighted by Gasteiger charge is -2.14.